The fourth-order valence-electron chi connectivity index (χ4n) is 1.71. The van der Waals surface area contributed by atoms with Crippen LogP contribution in [-0.2, 0) is 4.74 Å². The minimum atomic E-state index is 0.393. The molecule has 1 aromatic rings. The Labute approximate surface area is 92.9 Å². The summed E-state index contributed by atoms with van der Waals surface area (Å²) in [5, 5.41) is 0.937. The van der Waals surface area contributed by atoms with Crippen LogP contribution in [0, 0.1) is 0 Å². The maximum absolute atomic E-state index is 10.6. The number of hydrogen-bond acceptors (Lipinski definition) is 5. The minimum absolute atomic E-state index is 0.393. The highest BCUT2D eigenvalue weighted by Gasteiger charge is 2.23. The molecule has 1 aliphatic heterocycles. The quantitative estimate of drug-likeness (QED) is 0.734. The van der Waals surface area contributed by atoms with Gasteiger partial charge in [0.15, 0.2) is 11.4 Å². The second-order valence-corrected chi connectivity index (χ2v) is 4.53. The summed E-state index contributed by atoms with van der Waals surface area (Å²) in [5.74, 6) is 0. The molecule has 0 N–H and O–H groups in total. The molecular weight excluding hydrogens is 212 g/mol. The molecule has 0 amide bonds. The Balaban J connectivity index is 2.16. The van der Waals surface area contributed by atoms with Crippen LogP contribution in [0.2, 0.25) is 0 Å². The molecule has 1 unspecified atom stereocenters. The number of carbonyl (C=O) groups is 1. The molecule has 1 fully saturated rings. The van der Waals surface area contributed by atoms with Crippen LogP contribution in [0.5, 0.6) is 0 Å². The Hall–Kier alpha value is -0.940. The first-order chi connectivity index (χ1) is 7.35. The molecule has 0 spiro atoms. The molecule has 82 valence electrons. The summed E-state index contributed by atoms with van der Waals surface area (Å²) in [4.78, 5) is 17.8. The van der Waals surface area contributed by atoms with E-state index < -0.39 is 0 Å². The van der Waals surface area contributed by atoms with Crippen molar-refractivity contribution in [2.75, 3.05) is 24.7 Å². The van der Waals surface area contributed by atoms with Crippen LogP contribution in [0.25, 0.3) is 0 Å². The van der Waals surface area contributed by atoms with E-state index in [0.29, 0.717) is 10.9 Å². The molecule has 2 rings (SSSR count). The van der Waals surface area contributed by atoms with E-state index >= 15 is 0 Å². The summed E-state index contributed by atoms with van der Waals surface area (Å²) in [6.45, 7) is 4.50. The number of nitrogens with zero attached hydrogens (tertiary/aromatic N) is 2. The number of aromatic nitrogens is 1. The molecule has 1 saturated heterocycles. The van der Waals surface area contributed by atoms with E-state index in [1.165, 1.54) is 11.3 Å². The Bertz CT molecular complexity index is 340. The second kappa shape index (κ2) is 4.72. The molecular formula is C10H14N2O2S. The van der Waals surface area contributed by atoms with Gasteiger partial charge < -0.3 is 9.64 Å². The van der Waals surface area contributed by atoms with Crippen LogP contribution in [-0.4, -0.2) is 37.1 Å². The average molecular weight is 226 g/mol. The molecule has 4 nitrogen and oxygen atoms in total. The van der Waals surface area contributed by atoms with Gasteiger partial charge >= 0.3 is 0 Å². The average Bonchev–Trinajstić information content (AvgIpc) is 2.77. The first kappa shape index (κ1) is 10.6. The van der Waals surface area contributed by atoms with Crippen LogP contribution < -0.4 is 4.90 Å². The predicted molar refractivity (Wildman–Crippen MR) is 59.7 cm³/mol. The first-order valence-corrected chi connectivity index (χ1v) is 5.92. The van der Waals surface area contributed by atoms with Crippen LogP contribution in [0.3, 0.4) is 0 Å². The Morgan fingerprint density at radius 1 is 1.80 bits per heavy atom. The van der Waals surface area contributed by atoms with Gasteiger partial charge in [-0.3, -0.25) is 4.79 Å². The van der Waals surface area contributed by atoms with Crippen molar-refractivity contribution >= 4 is 22.8 Å². The molecule has 15 heavy (non-hydrogen) atoms. The van der Waals surface area contributed by atoms with Gasteiger partial charge in [-0.15, -0.1) is 0 Å². The van der Waals surface area contributed by atoms with E-state index in [1.54, 1.807) is 6.20 Å². The largest absolute Gasteiger partial charge is 0.377 e. The topological polar surface area (TPSA) is 42.4 Å². The Morgan fingerprint density at radius 2 is 2.67 bits per heavy atom. The van der Waals surface area contributed by atoms with Crippen LogP contribution in [0.4, 0.5) is 5.13 Å². The van der Waals surface area contributed by atoms with E-state index in [9.17, 15) is 4.79 Å². The van der Waals surface area contributed by atoms with Crippen molar-refractivity contribution in [3.05, 3.63) is 11.1 Å². The fraction of sp³-hybridized carbons (Fsp3) is 0.600. The van der Waals surface area contributed by atoms with Gasteiger partial charge in [0.05, 0.1) is 30.3 Å². The van der Waals surface area contributed by atoms with Crippen molar-refractivity contribution in [1.82, 2.24) is 4.98 Å². The summed E-state index contributed by atoms with van der Waals surface area (Å²) in [6.07, 6.45) is 3.52. The van der Waals surface area contributed by atoms with Crippen LogP contribution >= 0.6 is 11.3 Å². The van der Waals surface area contributed by atoms with Gasteiger partial charge in [0.25, 0.3) is 0 Å². The van der Waals surface area contributed by atoms with Crippen molar-refractivity contribution in [2.24, 2.45) is 0 Å². The highest BCUT2D eigenvalue weighted by Crippen LogP contribution is 2.25. The van der Waals surface area contributed by atoms with Gasteiger partial charge in [0.1, 0.15) is 0 Å². The van der Waals surface area contributed by atoms with Gasteiger partial charge in [0, 0.05) is 6.54 Å². The molecule has 2 heterocycles. The maximum Gasteiger partial charge on any atom is 0.186 e. The van der Waals surface area contributed by atoms with Crippen molar-refractivity contribution in [1.29, 1.82) is 0 Å². The van der Waals surface area contributed by atoms with Crippen molar-refractivity contribution in [2.45, 2.75) is 19.4 Å². The lowest BCUT2D eigenvalue weighted by Gasteiger charge is -2.34. The zero-order valence-electron chi connectivity index (χ0n) is 8.68. The molecule has 0 radical (unpaired) electrons. The normalized spacial score (nSPS) is 21.7. The number of anilines is 1. The minimum Gasteiger partial charge on any atom is -0.377 e. The number of ether oxygens (including phenoxy) is 1. The van der Waals surface area contributed by atoms with Crippen LogP contribution in [0.15, 0.2) is 6.20 Å². The maximum atomic E-state index is 10.6. The SMILES string of the molecule is CCC1COCCN1c1ncc(C=O)s1. The monoisotopic (exact) mass is 226 g/mol. The van der Waals surface area contributed by atoms with Gasteiger partial charge in [0.2, 0.25) is 0 Å². The number of aldehydes is 1. The van der Waals surface area contributed by atoms with E-state index in [4.69, 9.17) is 4.74 Å². The Morgan fingerprint density at radius 3 is 3.33 bits per heavy atom. The third kappa shape index (κ3) is 2.18. The highest BCUT2D eigenvalue weighted by atomic mass is 32.1. The first-order valence-electron chi connectivity index (χ1n) is 5.10. The smallest absolute Gasteiger partial charge is 0.186 e. The molecule has 1 aromatic heterocycles. The number of hydrogen-bond donors (Lipinski definition) is 0. The summed E-state index contributed by atoms with van der Waals surface area (Å²) in [7, 11) is 0. The zero-order valence-corrected chi connectivity index (χ0v) is 9.50. The van der Waals surface area contributed by atoms with Gasteiger partial charge in [-0.05, 0) is 6.42 Å². The van der Waals surface area contributed by atoms with Gasteiger partial charge in [-0.1, -0.05) is 18.3 Å². The summed E-state index contributed by atoms with van der Waals surface area (Å²) in [6, 6.07) is 0.393. The highest BCUT2D eigenvalue weighted by molar-refractivity contribution is 7.17. The van der Waals surface area contributed by atoms with E-state index in [0.717, 1.165) is 37.6 Å². The van der Waals surface area contributed by atoms with Crippen molar-refractivity contribution in [3.63, 3.8) is 0 Å². The number of thiazole rings is 1. The number of morpholine rings is 1. The molecule has 5 heteroatoms. The summed E-state index contributed by atoms with van der Waals surface area (Å²) < 4.78 is 5.42. The van der Waals surface area contributed by atoms with E-state index in [2.05, 4.69) is 16.8 Å². The number of rotatable bonds is 3. The molecule has 0 aliphatic carbocycles. The molecule has 0 aromatic carbocycles. The molecule has 0 saturated carbocycles. The third-order valence-electron chi connectivity index (χ3n) is 2.57. The van der Waals surface area contributed by atoms with E-state index in [-0.39, 0.29) is 0 Å². The predicted octanol–water partition coefficient (Wildman–Crippen LogP) is 1.57. The summed E-state index contributed by atoms with van der Waals surface area (Å²) >= 11 is 1.45. The second-order valence-electron chi connectivity index (χ2n) is 3.49. The lowest BCUT2D eigenvalue weighted by atomic mass is 10.2. The third-order valence-corrected chi connectivity index (χ3v) is 3.53. The lowest BCUT2D eigenvalue weighted by Crippen LogP contribution is -2.45. The van der Waals surface area contributed by atoms with Crippen molar-refractivity contribution < 1.29 is 9.53 Å². The molecule has 0 bridgehead atoms. The molecule has 1 aliphatic rings. The van der Waals surface area contributed by atoms with Gasteiger partial charge in [-0.25, -0.2) is 4.98 Å². The molecule has 1 atom stereocenters. The fourth-order valence-corrected chi connectivity index (χ4v) is 2.54. The van der Waals surface area contributed by atoms with Crippen molar-refractivity contribution in [3.8, 4) is 0 Å². The van der Waals surface area contributed by atoms with E-state index in [1.807, 2.05) is 0 Å². The zero-order chi connectivity index (χ0) is 10.7. The summed E-state index contributed by atoms with van der Waals surface area (Å²) in [5.41, 5.74) is 0. The Kier molecular flexibility index (Phi) is 3.33. The van der Waals surface area contributed by atoms with Crippen LogP contribution in [0.1, 0.15) is 23.0 Å². The number of carbonyl (C=O) groups excluding carboxylic acids is 1. The van der Waals surface area contributed by atoms with Gasteiger partial charge in [-0.2, -0.15) is 0 Å². The standard InChI is InChI=1S/C10H14N2O2S/c1-2-8-7-14-4-3-12(8)10-11-5-9(6-13)15-10/h5-6,8H,2-4,7H2,1H3. The lowest BCUT2D eigenvalue weighted by molar-refractivity contribution is 0.0929.